The zero-order valence-electron chi connectivity index (χ0n) is 14.8. The fraction of sp³-hybridized carbons (Fsp3) is 0.300. The van der Waals surface area contributed by atoms with Crippen molar-refractivity contribution < 1.29 is 13.7 Å². The van der Waals surface area contributed by atoms with Gasteiger partial charge in [-0.1, -0.05) is 42.5 Å². The van der Waals surface area contributed by atoms with Gasteiger partial charge in [0.2, 0.25) is 0 Å². The lowest BCUT2D eigenvalue weighted by Gasteiger charge is -2.21. The highest BCUT2D eigenvalue weighted by Gasteiger charge is 2.24. The average Bonchev–Trinajstić information content (AvgIpc) is 2.58. The first kappa shape index (κ1) is 18.3. The van der Waals surface area contributed by atoms with Crippen LogP contribution in [-0.4, -0.2) is 23.2 Å². The van der Waals surface area contributed by atoms with E-state index < -0.39 is 10.8 Å². The molecular weight excluding hydrogens is 320 g/mol. The van der Waals surface area contributed by atoms with Crippen LogP contribution in [-0.2, 0) is 10.8 Å². The van der Waals surface area contributed by atoms with Gasteiger partial charge in [-0.25, -0.2) is 0 Å². The van der Waals surface area contributed by atoms with Crippen LogP contribution in [0.2, 0.25) is 0 Å². The van der Waals surface area contributed by atoms with Gasteiger partial charge in [-0.2, -0.15) is 0 Å². The van der Waals surface area contributed by atoms with E-state index in [2.05, 4.69) is 0 Å². The van der Waals surface area contributed by atoms with Crippen LogP contribution < -0.4 is 9.47 Å². The summed E-state index contributed by atoms with van der Waals surface area (Å²) in [5.74, 6) is 1.21. The van der Waals surface area contributed by atoms with Crippen LogP contribution in [0.3, 0.4) is 0 Å². The molecule has 3 nitrogen and oxygen atoms in total. The Hall–Kier alpha value is -2.07. The Morgan fingerprint density at radius 2 is 1.50 bits per heavy atom. The molecule has 0 aromatic heterocycles. The molecule has 0 amide bonds. The van der Waals surface area contributed by atoms with Gasteiger partial charge in [0.05, 0.1) is 29.9 Å². The zero-order chi connectivity index (χ0) is 17.7. The fourth-order valence-electron chi connectivity index (χ4n) is 2.25. The first-order chi connectivity index (χ1) is 11.4. The summed E-state index contributed by atoms with van der Waals surface area (Å²) in [5.41, 5.74) is 1.95. The summed E-state index contributed by atoms with van der Waals surface area (Å²) in [6, 6.07) is 13.7. The highest BCUT2D eigenvalue weighted by molar-refractivity contribution is 7.86. The molecule has 4 heteroatoms. The number of hydrogen-bond donors (Lipinski definition) is 0. The van der Waals surface area contributed by atoms with E-state index in [1.807, 2.05) is 75.4 Å². The van der Waals surface area contributed by atoms with Crippen LogP contribution in [0.4, 0.5) is 0 Å². The van der Waals surface area contributed by atoms with Gasteiger partial charge in [0.1, 0.15) is 0 Å². The van der Waals surface area contributed by atoms with Crippen LogP contribution in [0.1, 0.15) is 31.9 Å². The van der Waals surface area contributed by atoms with Gasteiger partial charge in [0.15, 0.2) is 11.5 Å². The Labute approximate surface area is 146 Å². The standard InChI is InChI=1S/C20H24O3S/c1-20(2,3)24(21)19-14-18(23-5)17(22-4)13-16(19)12-11-15-9-7-6-8-10-15/h6-14H,1-5H3/b12-11+. The Balaban J connectivity index is 2.55. The van der Waals surface area contributed by atoms with Gasteiger partial charge in [-0.15, -0.1) is 0 Å². The molecule has 0 saturated heterocycles. The van der Waals surface area contributed by atoms with Crippen molar-refractivity contribution >= 4 is 23.0 Å². The molecule has 0 aliphatic heterocycles. The third kappa shape index (κ3) is 4.26. The third-order valence-electron chi connectivity index (χ3n) is 3.53. The molecule has 2 aromatic rings. The van der Waals surface area contributed by atoms with Crippen molar-refractivity contribution in [3.8, 4) is 11.5 Å². The monoisotopic (exact) mass is 344 g/mol. The maximum atomic E-state index is 12.9. The average molecular weight is 344 g/mol. The lowest BCUT2D eigenvalue weighted by atomic mass is 10.1. The van der Waals surface area contributed by atoms with Crippen molar-refractivity contribution in [3.63, 3.8) is 0 Å². The summed E-state index contributed by atoms with van der Waals surface area (Å²) in [7, 11) is 2.01. The molecule has 0 bridgehead atoms. The number of hydrogen-bond acceptors (Lipinski definition) is 3. The van der Waals surface area contributed by atoms with E-state index in [-0.39, 0.29) is 4.75 Å². The molecule has 1 atom stereocenters. The van der Waals surface area contributed by atoms with E-state index in [0.717, 1.165) is 16.0 Å². The van der Waals surface area contributed by atoms with Crippen LogP contribution >= 0.6 is 0 Å². The number of rotatable bonds is 5. The third-order valence-corrected chi connectivity index (χ3v) is 5.39. The lowest BCUT2D eigenvalue weighted by Crippen LogP contribution is -2.22. The van der Waals surface area contributed by atoms with Crippen LogP contribution in [0, 0.1) is 0 Å². The number of methoxy groups -OCH3 is 2. The first-order valence-corrected chi connectivity index (χ1v) is 8.93. The number of ether oxygens (including phenoxy) is 2. The van der Waals surface area contributed by atoms with E-state index in [4.69, 9.17) is 9.47 Å². The normalized spacial score (nSPS) is 13.0. The van der Waals surface area contributed by atoms with Gasteiger partial charge in [0.25, 0.3) is 0 Å². The Morgan fingerprint density at radius 1 is 0.917 bits per heavy atom. The predicted molar refractivity (Wildman–Crippen MR) is 101 cm³/mol. The van der Waals surface area contributed by atoms with Crippen LogP contribution in [0.15, 0.2) is 47.4 Å². The summed E-state index contributed by atoms with van der Waals surface area (Å²) in [6.07, 6.45) is 3.97. The molecule has 0 fully saturated rings. The molecule has 2 rings (SSSR count). The summed E-state index contributed by atoms with van der Waals surface area (Å²) in [5, 5.41) is 0. The minimum Gasteiger partial charge on any atom is -0.493 e. The maximum absolute atomic E-state index is 12.9. The lowest BCUT2D eigenvalue weighted by molar-refractivity contribution is 0.354. The van der Waals surface area contributed by atoms with Crippen molar-refractivity contribution in [1.82, 2.24) is 0 Å². The molecule has 1 unspecified atom stereocenters. The fourth-order valence-corrected chi connectivity index (χ4v) is 3.46. The topological polar surface area (TPSA) is 35.5 Å². The number of benzene rings is 2. The predicted octanol–water partition coefficient (Wildman–Crippen LogP) is 4.78. The molecule has 0 N–H and O–H groups in total. The largest absolute Gasteiger partial charge is 0.493 e. The molecule has 0 spiro atoms. The van der Waals surface area contributed by atoms with Crippen molar-refractivity contribution in [2.75, 3.05) is 14.2 Å². The molecule has 2 aromatic carbocycles. The molecule has 0 heterocycles. The quantitative estimate of drug-likeness (QED) is 0.732. The van der Waals surface area contributed by atoms with E-state index in [0.29, 0.717) is 11.5 Å². The highest BCUT2D eigenvalue weighted by Crippen LogP contribution is 2.35. The maximum Gasteiger partial charge on any atom is 0.161 e. The molecule has 0 aliphatic carbocycles. The van der Waals surface area contributed by atoms with E-state index in [9.17, 15) is 4.21 Å². The second kappa shape index (κ2) is 7.67. The molecule has 0 radical (unpaired) electrons. The first-order valence-electron chi connectivity index (χ1n) is 7.78. The zero-order valence-corrected chi connectivity index (χ0v) is 15.6. The van der Waals surface area contributed by atoms with Crippen LogP contribution in [0.25, 0.3) is 12.2 Å². The van der Waals surface area contributed by atoms with E-state index >= 15 is 0 Å². The van der Waals surface area contributed by atoms with Gasteiger partial charge in [-0.3, -0.25) is 4.21 Å². The van der Waals surface area contributed by atoms with Gasteiger partial charge < -0.3 is 9.47 Å². The molecule has 128 valence electrons. The summed E-state index contributed by atoms with van der Waals surface area (Å²) in [4.78, 5) is 0.743. The van der Waals surface area contributed by atoms with Gasteiger partial charge in [-0.05, 0) is 38.0 Å². The summed E-state index contributed by atoms with van der Waals surface area (Å²) >= 11 is 0. The Bertz CT molecular complexity index is 743. The highest BCUT2D eigenvalue weighted by atomic mass is 32.2. The summed E-state index contributed by atoms with van der Waals surface area (Å²) in [6.45, 7) is 5.89. The Kier molecular flexibility index (Phi) is 5.84. The van der Waals surface area contributed by atoms with E-state index in [1.54, 1.807) is 14.2 Å². The second-order valence-electron chi connectivity index (χ2n) is 6.37. The van der Waals surface area contributed by atoms with Crippen LogP contribution in [0.5, 0.6) is 11.5 Å². The van der Waals surface area contributed by atoms with E-state index in [1.165, 1.54) is 0 Å². The van der Waals surface area contributed by atoms with Crippen molar-refractivity contribution in [1.29, 1.82) is 0 Å². The smallest absolute Gasteiger partial charge is 0.161 e. The molecule has 0 aliphatic rings. The van der Waals surface area contributed by atoms with Crippen molar-refractivity contribution in [2.24, 2.45) is 0 Å². The SMILES string of the molecule is COc1cc(/C=C/c2ccccc2)c(S(=O)C(C)(C)C)cc1OC. The minimum atomic E-state index is -1.18. The van der Waals surface area contributed by atoms with Gasteiger partial charge >= 0.3 is 0 Å². The van der Waals surface area contributed by atoms with Crippen molar-refractivity contribution in [3.05, 3.63) is 53.6 Å². The Morgan fingerprint density at radius 3 is 2.04 bits per heavy atom. The molecule has 24 heavy (non-hydrogen) atoms. The summed E-state index contributed by atoms with van der Waals surface area (Å²) < 4.78 is 23.3. The van der Waals surface area contributed by atoms with Crippen molar-refractivity contribution in [2.45, 2.75) is 30.4 Å². The molecule has 0 saturated carbocycles. The minimum absolute atomic E-state index is 0.366. The molecular formula is C20H24O3S. The van der Waals surface area contributed by atoms with Gasteiger partial charge in [0, 0.05) is 10.8 Å². The second-order valence-corrected chi connectivity index (χ2v) is 8.57.